The molecule has 0 heterocycles. The van der Waals surface area contributed by atoms with E-state index in [0.29, 0.717) is 19.3 Å². The molecule has 0 rings (SSSR count). The number of hydrogen-bond donors (Lipinski definition) is 0. The Labute approximate surface area is 346 Å². The Kier molecular flexibility index (Phi) is 43.0. The largest absolute Gasteiger partial charge is 0.462 e. The minimum absolute atomic E-state index is 0.0908. The molecule has 0 aliphatic rings. The number of rotatable bonds is 42. The van der Waals surface area contributed by atoms with Crippen LogP contribution >= 0.6 is 0 Å². The number of carbonyl (C=O) groups excluding carboxylic acids is 3. The zero-order valence-corrected chi connectivity index (χ0v) is 36.9. The molecule has 0 amide bonds. The quantitative estimate of drug-likeness (QED) is 0.0265. The Bertz CT molecular complexity index is 996. The monoisotopic (exact) mass is 785 g/mol. The molecule has 0 saturated heterocycles. The number of carbonyl (C=O) groups is 3. The van der Waals surface area contributed by atoms with Gasteiger partial charge >= 0.3 is 17.9 Å². The predicted octanol–water partition coefficient (Wildman–Crippen LogP) is 15.1. The van der Waals surface area contributed by atoms with Gasteiger partial charge in [-0.05, 0) is 57.8 Å². The van der Waals surface area contributed by atoms with E-state index in [-0.39, 0.29) is 31.1 Å². The molecule has 1 unspecified atom stereocenters. The molecule has 0 fully saturated rings. The van der Waals surface area contributed by atoms with Gasteiger partial charge in [0.15, 0.2) is 6.10 Å². The first-order valence-corrected chi connectivity index (χ1v) is 23.7. The molecule has 0 bridgehead atoms. The molecule has 0 aromatic heterocycles. The maximum atomic E-state index is 12.7. The van der Waals surface area contributed by atoms with Gasteiger partial charge in [-0.2, -0.15) is 0 Å². The van der Waals surface area contributed by atoms with Crippen molar-refractivity contribution in [2.24, 2.45) is 0 Å². The smallest absolute Gasteiger partial charge is 0.306 e. The summed E-state index contributed by atoms with van der Waals surface area (Å²) in [6, 6.07) is 0. The molecular weight excluding hydrogens is 697 g/mol. The van der Waals surface area contributed by atoms with Crippen molar-refractivity contribution in [3.63, 3.8) is 0 Å². The van der Waals surface area contributed by atoms with Crippen LogP contribution in [0.15, 0.2) is 48.6 Å². The van der Waals surface area contributed by atoms with E-state index in [1.165, 1.54) is 109 Å². The van der Waals surface area contributed by atoms with Gasteiger partial charge in [0.1, 0.15) is 13.2 Å². The van der Waals surface area contributed by atoms with Crippen LogP contribution in [0.1, 0.15) is 233 Å². The third kappa shape index (κ3) is 42.5. The fraction of sp³-hybridized carbons (Fsp3) is 0.780. The van der Waals surface area contributed by atoms with Crippen molar-refractivity contribution in [3.8, 4) is 0 Å². The fourth-order valence-electron chi connectivity index (χ4n) is 6.45. The molecule has 324 valence electrons. The van der Waals surface area contributed by atoms with Crippen molar-refractivity contribution in [3.05, 3.63) is 48.6 Å². The molecular formula is C50H88O6. The lowest BCUT2D eigenvalue weighted by Crippen LogP contribution is -2.30. The molecule has 56 heavy (non-hydrogen) atoms. The zero-order valence-electron chi connectivity index (χ0n) is 36.9. The lowest BCUT2D eigenvalue weighted by atomic mass is 10.0. The van der Waals surface area contributed by atoms with Crippen LogP contribution in [-0.2, 0) is 28.6 Å². The van der Waals surface area contributed by atoms with Crippen molar-refractivity contribution in [2.75, 3.05) is 13.2 Å². The van der Waals surface area contributed by atoms with Crippen LogP contribution in [0.3, 0.4) is 0 Å². The molecule has 0 aromatic carbocycles. The number of allylic oxidation sites excluding steroid dienone is 8. The van der Waals surface area contributed by atoms with Crippen LogP contribution in [-0.4, -0.2) is 37.2 Å². The van der Waals surface area contributed by atoms with Gasteiger partial charge < -0.3 is 14.2 Å². The maximum absolute atomic E-state index is 12.7. The first-order chi connectivity index (χ1) is 27.5. The average molecular weight is 785 g/mol. The highest BCUT2D eigenvalue weighted by Gasteiger charge is 2.19. The topological polar surface area (TPSA) is 78.9 Å². The molecule has 6 heteroatoms. The highest BCUT2D eigenvalue weighted by atomic mass is 16.6. The summed E-state index contributed by atoms with van der Waals surface area (Å²) in [7, 11) is 0. The Morgan fingerprint density at radius 1 is 0.357 bits per heavy atom. The van der Waals surface area contributed by atoms with Gasteiger partial charge in [0.05, 0.1) is 0 Å². The van der Waals surface area contributed by atoms with Gasteiger partial charge in [0.2, 0.25) is 0 Å². The van der Waals surface area contributed by atoms with Crippen LogP contribution in [0.5, 0.6) is 0 Å². The van der Waals surface area contributed by atoms with Crippen LogP contribution in [0.25, 0.3) is 0 Å². The number of ether oxygens (including phenoxy) is 3. The summed E-state index contributed by atoms with van der Waals surface area (Å²) in [5, 5.41) is 0. The van der Waals surface area contributed by atoms with Gasteiger partial charge in [-0.3, -0.25) is 14.4 Å². The van der Waals surface area contributed by atoms with Gasteiger partial charge in [-0.25, -0.2) is 0 Å². The van der Waals surface area contributed by atoms with Crippen molar-refractivity contribution in [1.29, 1.82) is 0 Å². The number of hydrogen-bond acceptors (Lipinski definition) is 6. The minimum Gasteiger partial charge on any atom is -0.462 e. The van der Waals surface area contributed by atoms with Crippen molar-refractivity contribution < 1.29 is 28.6 Å². The Hall–Kier alpha value is -2.63. The summed E-state index contributed by atoms with van der Waals surface area (Å²) in [4.78, 5) is 37.7. The van der Waals surface area contributed by atoms with Gasteiger partial charge in [-0.15, -0.1) is 0 Å². The highest BCUT2D eigenvalue weighted by Crippen LogP contribution is 2.15. The minimum atomic E-state index is -0.792. The summed E-state index contributed by atoms with van der Waals surface area (Å²) in [6.07, 6.45) is 52.4. The normalized spacial score (nSPS) is 12.4. The summed E-state index contributed by atoms with van der Waals surface area (Å²) in [5.74, 6) is -0.947. The first-order valence-electron chi connectivity index (χ1n) is 23.7. The molecule has 0 N–H and O–H groups in total. The molecule has 6 nitrogen and oxygen atoms in total. The Balaban J connectivity index is 4.38. The Morgan fingerprint density at radius 3 is 1.00 bits per heavy atom. The molecule has 0 spiro atoms. The Morgan fingerprint density at radius 2 is 0.643 bits per heavy atom. The third-order valence-corrected chi connectivity index (χ3v) is 10.1. The molecule has 1 atom stereocenters. The van der Waals surface area contributed by atoms with E-state index < -0.39 is 6.10 Å². The third-order valence-electron chi connectivity index (χ3n) is 10.1. The lowest BCUT2D eigenvalue weighted by molar-refractivity contribution is -0.167. The van der Waals surface area contributed by atoms with Crippen molar-refractivity contribution in [2.45, 2.75) is 239 Å². The fourth-order valence-corrected chi connectivity index (χ4v) is 6.45. The summed E-state index contributed by atoms with van der Waals surface area (Å²) >= 11 is 0. The van der Waals surface area contributed by atoms with Crippen molar-refractivity contribution in [1.82, 2.24) is 0 Å². The van der Waals surface area contributed by atoms with E-state index in [2.05, 4.69) is 69.4 Å². The van der Waals surface area contributed by atoms with Crippen LogP contribution in [0, 0.1) is 0 Å². The van der Waals surface area contributed by atoms with Gasteiger partial charge in [-0.1, -0.05) is 204 Å². The highest BCUT2D eigenvalue weighted by molar-refractivity contribution is 5.71. The second kappa shape index (κ2) is 45.1. The van der Waals surface area contributed by atoms with E-state index in [1.54, 1.807) is 0 Å². The number of esters is 3. The van der Waals surface area contributed by atoms with Gasteiger partial charge in [0, 0.05) is 19.3 Å². The summed E-state index contributed by atoms with van der Waals surface area (Å²) in [5.41, 5.74) is 0. The first kappa shape index (κ1) is 53.4. The molecule has 0 aromatic rings. The SMILES string of the molecule is CCCC/C=C\C=C/CCCCCC(=O)OCC(COC(=O)CCCCCCCCCCCCCCCCCC)OC(=O)CCCCC/C=C\C=C/CCCC. The summed E-state index contributed by atoms with van der Waals surface area (Å²) < 4.78 is 16.7. The second-order valence-corrected chi connectivity index (χ2v) is 15.7. The van der Waals surface area contributed by atoms with Crippen LogP contribution in [0.4, 0.5) is 0 Å². The molecule has 0 aliphatic heterocycles. The molecule has 0 radical (unpaired) electrons. The molecule has 0 saturated carbocycles. The standard InChI is InChI=1S/C50H88O6/c1-4-7-10-13-16-19-22-23-24-25-26-29-31-34-37-40-43-49(52)55-46-47(56-50(53)44-41-38-35-32-28-21-18-15-12-9-6-3)45-54-48(51)42-39-36-33-30-27-20-17-14-11-8-5-2/h14-15,17-18,20-21,27-28,47H,4-13,16,19,22-26,29-46H2,1-3H3/b17-14-,18-15-,27-20-,28-21-. The van der Waals surface area contributed by atoms with Gasteiger partial charge in [0.25, 0.3) is 0 Å². The molecule has 0 aliphatic carbocycles. The van der Waals surface area contributed by atoms with E-state index in [0.717, 1.165) is 83.5 Å². The number of unbranched alkanes of at least 4 members (excludes halogenated alkanes) is 25. The maximum Gasteiger partial charge on any atom is 0.306 e. The van der Waals surface area contributed by atoms with Crippen LogP contribution in [0.2, 0.25) is 0 Å². The van der Waals surface area contributed by atoms with E-state index in [4.69, 9.17) is 14.2 Å². The van der Waals surface area contributed by atoms with Crippen molar-refractivity contribution >= 4 is 17.9 Å². The second-order valence-electron chi connectivity index (χ2n) is 15.7. The summed E-state index contributed by atoms with van der Waals surface area (Å²) in [6.45, 7) is 6.48. The van der Waals surface area contributed by atoms with E-state index >= 15 is 0 Å². The van der Waals surface area contributed by atoms with Crippen LogP contribution < -0.4 is 0 Å². The predicted molar refractivity (Wildman–Crippen MR) is 238 cm³/mol. The van der Waals surface area contributed by atoms with E-state index in [1.807, 2.05) is 0 Å². The lowest BCUT2D eigenvalue weighted by Gasteiger charge is -2.18. The average Bonchev–Trinajstić information content (AvgIpc) is 3.19. The zero-order chi connectivity index (χ0) is 40.8. The van der Waals surface area contributed by atoms with E-state index in [9.17, 15) is 14.4 Å².